The predicted molar refractivity (Wildman–Crippen MR) is 114 cm³/mol. The van der Waals surface area contributed by atoms with Crippen LogP contribution in [0.15, 0.2) is 36.9 Å². The molecule has 8 nitrogen and oxygen atoms in total. The van der Waals surface area contributed by atoms with Gasteiger partial charge in [0.15, 0.2) is 0 Å². The fourth-order valence-electron chi connectivity index (χ4n) is 3.21. The normalized spacial score (nSPS) is 13.1. The van der Waals surface area contributed by atoms with E-state index in [0.29, 0.717) is 23.0 Å². The van der Waals surface area contributed by atoms with Crippen molar-refractivity contribution in [3.05, 3.63) is 42.5 Å². The quantitative estimate of drug-likeness (QED) is 0.416. The van der Waals surface area contributed by atoms with Gasteiger partial charge in [-0.05, 0) is 30.5 Å². The first-order valence-corrected chi connectivity index (χ1v) is 10.1. The Labute approximate surface area is 181 Å². The molecule has 3 N–H and O–H groups in total. The number of H-pyrrole nitrogens is 1. The van der Waals surface area contributed by atoms with Gasteiger partial charge in [-0.25, -0.2) is 9.50 Å². The van der Waals surface area contributed by atoms with Gasteiger partial charge in [0, 0.05) is 36.1 Å². The summed E-state index contributed by atoms with van der Waals surface area (Å²) in [5.74, 6) is 0.120. The van der Waals surface area contributed by atoms with Gasteiger partial charge < -0.3 is 15.6 Å². The number of rotatable bonds is 6. The molecule has 1 atom stereocenters. The molecular weight excluding hydrogens is 423 g/mol. The maximum atomic E-state index is 12.8. The fourth-order valence-corrected chi connectivity index (χ4v) is 3.21. The number of fused-ring (bicyclic) bond motifs is 2. The van der Waals surface area contributed by atoms with Gasteiger partial charge in [-0.3, -0.25) is 4.79 Å². The van der Waals surface area contributed by atoms with E-state index in [1.54, 1.807) is 30.7 Å². The van der Waals surface area contributed by atoms with Gasteiger partial charge in [0.05, 0.1) is 17.3 Å². The van der Waals surface area contributed by atoms with Crippen molar-refractivity contribution in [2.45, 2.75) is 33.0 Å². The lowest BCUT2D eigenvalue weighted by Crippen LogP contribution is -2.43. The third kappa shape index (κ3) is 4.23. The zero-order valence-electron chi connectivity index (χ0n) is 17.7. The average molecular weight is 445 g/mol. The highest BCUT2D eigenvalue weighted by molar-refractivity contribution is 6.02. The van der Waals surface area contributed by atoms with Gasteiger partial charge in [0.25, 0.3) is 5.91 Å². The Bertz CT molecular complexity index is 1280. The van der Waals surface area contributed by atoms with Crippen LogP contribution in [0.5, 0.6) is 0 Å². The molecule has 4 heterocycles. The lowest BCUT2D eigenvalue weighted by molar-refractivity contribution is -0.149. The second-order valence-corrected chi connectivity index (χ2v) is 7.97. The molecule has 1 unspecified atom stereocenters. The van der Waals surface area contributed by atoms with Gasteiger partial charge >= 0.3 is 6.18 Å². The third-order valence-electron chi connectivity index (χ3n) is 5.02. The number of carbonyl (C=O) groups excluding carboxylic acids is 1. The van der Waals surface area contributed by atoms with Crippen LogP contribution in [0.25, 0.3) is 27.7 Å². The van der Waals surface area contributed by atoms with E-state index in [1.807, 2.05) is 5.32 Å². The van der Waals surface area contributed by atoms with E-state index >= 15 is 0 Å². The molecule has 0 aliphatic carbocycles. The van der Waals surface area contributed by atoms with E-state index in [1.165, 1.54) is 10.7 Å². The highest BCUT2D eigenvalue weighted by Gasteiger charge is 2.37. The van der Waals surface area contributed by atoms with Crippen molar-refractivity contribution < 1.29 is 18.0 Å². The maximum Gasteiger partial charge on any atom is 0.408 e. The summed E-state index contributed by atoms with van der Waals surface area (Å²) in [7, 11) is 0. The van der Waals surface area contributed by atoms with Crippen LogP contribution in [-0.4, -0.2) is 49.2 Å². The van der Waals surface area contributed by atoms with Crippen LogP contribution >= 0.6 is 0 Å². The number of halogens is 3. The third-order valence-corrected chi connectivity index (χ3v) is 5.02. The second-order valence-electron chi connectivity index (χ2n) is 7.97. The van der Waals surface area contributed by atoms with E-state index in [2.05, 4.69) is 39.2 Å². The molecular formula is C21H22F3N7O. The maximum absolute atomic E-state index is 12.8. The Morgan fingerprint density at radius 2 is 2.03 bits per heavy atom. The van der Waals surface area contributed by atoms with Crippen molar-refractivity contribution >= 4 is 28.4 Å². The van der Waals surface area contributed by atoms with Gasteiger partial charge in [0.1, 0.15) is 11.7 Å². The van der Waals surface area contributed by atoms with Crippen LogP contribution in [0.3, 0.4) is 0 Å². The number of pyridine rings is 1. The molecule has 4 aromatic heterocycles. The standard InChI is InChI=1S/C21H22F3N7O/c1-11(2)7-26-20-27-9-15-14(8-25-18(15)30-20)13-4-5-31-17(6-13)16(10-28-31)19(32)29-12(3)21(22,23)24/h4-6,8-12H,7H2,1-3H3,(H,29,32)(H2,25,26,27,30). The highest BCUT2D eigenvalue weighted by atomic mass is 19.4. The Morgan fingerprint density at radius 3 is 2.75 bits per heavy atom. The predicted octanol–water partition coefficient (Wildman–Crippen LogP) is 4.02. The smallest absolute Gasteiger partial charge is 0.354 e. The molecule has 4 rings (SSSR count). The first kappa shape index (κ1) is 21.6. The van der Waals surface area contributed by atoms with Crippen LogP contribution < -0.4 is 10.6 Å². The molecule has 0 aliphatic heterocycles. The van der Waals surface area contributed by atoms with Crippen LogP contribution in [0.1, 0.15) is 31.1 Å². The van der Waals surface area contributed by atoms with E-state index < -0.39 is 18.1 Å². The minimum absolute atomic E-state index is 0.0548. The molecule has 11 heteroatoms. The fraction of sp³-hybridized carbons (Fsp3) is 0.333. The number of amides is 1. The van der Waals surface area contributed by atoms with Crippen molar-refractivity contribution in [2.75, 3.05) is 11.9 Å². The molecule has 0 aliphatic rings. The van der Waals surface area contributed by atoms with Gasteiger partial charge in [0.2, 0.25) is 5.95 Å². The SMILES string of the molecule is CC(C)CNc1ncc2c(-c3ccn4ncc(C(=O)NC(C)C(F)(F)F)c4c3)c[nH]c2n1. The summed E-state index contributed by atoms with van der Waals surface area (Å²) in [5, 5.41) is 10.00. The summed E-state index contributed by atoms with van der Waals surface area (Å²) in [5.41, 5.74) is 2.63. The number of hydrogen-bond acceptors (Lipinski definition) is 5. The minimum Gasteiger partial charge on any atom is -0.354 e. The van der Waals surface area contributed by atoms with Crippen molar-refractivity contribution in [1.82, 2.24) is 29.9 Å². The number of aromatic amines is 1. The highest BCUT2D eigenvalue weighted by Crippen LogP contribution is 2.29. The number of nitrogens with zero attached hydrogens (tertiary/aromatic N) is 4. The van der Waals surface area contributed by atoms with Crippen molar-refractivity contribution in [3.8, 4) is 11.1 Å². The molecule has 0 spiro atoms. The summed E-state index contributed by atoms with van der Waals surface area (Å²) >= 11 is 0. The average Bonchev–Trinajstić information content (AvgIpc) is 3.34. The van der Waals surface area contributed by atoms with Crippen molar-refractivity contribution in [2.24, 2.45) is 5.92 Å². The van der Waals surface area contributed by atoms with E-state index in [9.17, 15) is 18.0 Å². The van der Waals surface area contributed by atoms with Gasteiger partial charge in [-0.2, -0.15) is 23.3 Å². The number of anilines is 1. The molecule has 0 radical (unpaired) electrons. The molecule has 0 fully saturated rings. The number of hydrogen-bond donors (Lipinski definition) is 3. The number of nitrogens with one attached hydrogen (secondary N) is 3. The first-order chi connectivity index (χ1) is 15.1. The zero-order valence-corrected chi connectivity index (χ0v) is 17.7. The zero-order chi connectivity index (χ0) is 23.0. The first-order valence-electron chi connectivity index (χ1n) is 10.1. The molecule has 0 aromatic carbocycles. The van der Waals surface area contributed by atoms with Gasteiger partial charge in [-0.1, -0.05) is 13.8 Å². The second kappa shape index (κ2) is 8.13. The summed E-state index contributed by atoms with van der Waals surface area (Å²) in [6.45, 7) is 5.81. The number of carbonyl (C=O) groups is 1. The topological polar surface area (TPSA) is 100 Å². The molecule has 32 heavy (non-hydrogen) atoms. The summed E-state index contributed by atoms with van der Waals surface area (Å²) in [6.07, 6.45) is 1.85. The lowest BCUT2D eigenvalue weighted by atomic mass is 10.1. The van der Waals surface area contributed by atoms with Crippen LogP contribution in [0, 0.1) is 5.92 Å². The van der Waals surface area contributed by atoms with Crippen LogP contribution in [0.2, 0.25) is 0 Å². The monoisotopic (exact) mass is 445 g/mol. The Hall–Kier alpha value is -3.63. The minimum atomic E-state index is -4.53. The molecule has 0 saturated heterocycles. The van der Waals surface area contributed by atoms with E-state index in [4.69, 9.17) is 0 Å². The van der Waals surface area contributed by atoms with E-state index in [0.717, 1.165) is 30.0 Å². The van der Waals surface area contributed by atoms with Crippen LogP contribution in [-0.2, 0) is 0 Å². The van der Waals surface area contributed by atoms with Crippen molar-refractivity contribution in [1.29, 1.82) is 0 Å². The van der Waals surface area contributed by atoms with Gasteiger partial charge in [-0.15, -0.1) is 0 Å². The van der Waals surface area contributed by atoms with E-state index in [-0.39, 0.29) is 5.56 Å². The van der Waals surface area contributed by atoms with Crippen LogP contribution in [0.4, 0.5) is 19.1 Å². The largest absolute Gasteiger partial charge is 0.408 e. The molecule has 0 bridgehead atoms. The molecule has 168 valence electrons. The lowest BCUT2D eigenvalue weighted by Gasteiger charge is -2.16. The Morgan fingerprint density at radius 1 is 1.25 bits per heavy atom. The Balaban J connectivity index is 1.66. The number of aromatic nitrogens is 5. The summed E-state index contributed by atoms with van der Waals surface area (Å²) in [6, 6.07) is 1.53. The van der Waals surface area contributed by atoms with Crippen molar-refractivity contribution in [3.63, 3.8) is 0 Å². The molecule has 0 saturated carbocycles. The Kier molecular flexibility index (Phi) is 5.49. The molecule has 4 aromatic rings. The summed E-state index contributed by atoms with van der Waals surface area (Å²) in [4.78, 5) is 24.4. The summed E-state index contributed by atoms with van der Waals surface area (Å²) < 4.78 is 39.9. The number of alkyl halides is 3. The molecule has 1 amide bonds.